The SMILES string of the molecule is Clc1ccccc1C1(CN2CCNCC2)CCC1. The second kappa shape index (κ2) is 5.20. The minimum atomic E-state index is 0.329. The van der Waals surface area contributed by atoms with E-state index in [9.17, 15) is 0 Å². The molecule has 0 aromatic heterocycles. The quantitative estimate of drug-likeness (QED) is 0.903. The predicted octanol–water partition coefficient (Wildman–Crippen LogP) is 2.67. The van der Waals surface area contributed by atoms with E-state index in [2.05, 4.69) is 22.3 Å². The van der Waals surface area contributed by atoms with Crippen LogP contribution in [-0.2, 0) is 5.41 Å². The highest BCUT2D eigenvalue weighted by atomic mass is 35.5. The van der Waals surface area contributed by atoms with E-state index < -0.39 is 0 Å². The highest BCUT2D eigenvalue weighted by Crippen LogP contribution is 2.46. The zero-order valence-corrected chi connectivity index (χ0v) is 11.5. The zero-order valence-electron chi connectivity index (χ0n) is 10.8. The predicted molar refractivity (Wildman–Crippen MR) is 76.3 cm³/mol. The summed E-state index contributed by atoms with van der Waals surface area (Å²) in [5, 5.41) is 4.37. The van der Waals surface area contributed by atoms with Crippen LogP contribution in [0.25, 0.3) is 0 Å². The third-order valence-corrected chi connectivity index (χ3v) is 4.82. The summed E-state index contributed by atoms with van der Waals surface area (Å²) in [6.45, 7) is 5.77. The number of nitrogens with one attached hydrogen (secondary N) is 1. The molecule has 1 aliphatic carbocycles. The Morgan fingerprint density at radius 3 is 2.50 bits per heavy atom. The van der Waals surface area contributed by atoms with Crippen molar-refractivity contribution in [2.75, 3.05) is 32.7 Å². The van der Waals surface area contributed by atoms with Gasteiger partial charge in [0.05, 0.1) is 0 Å². The van der Waals surface area contributed by atoms with Crippen LogP contribution in [0.2, 0.25) is 5.02 Å². The number of hydrogen-bond donors (Lipinski definition) is 1. The van der Waals surface area contributed by atoms with Gasteiger partial charge in [0, 0.05) is 43.2 Å². The van der Waals surface area contributed by atoms with E-state index >= 15 is 0 Å². The molecule has 1 aromatic rings. The van der Waals surface area contributed by atoms with Crippen molar-refractivity contribution in [1.82, 2.24) is 10.2 Å². The maximum Gasteiger partial charge on any atom is 0.0444 e. The van der Waals surface area contributed by atoms with Gasteiger partial charge in [0.2, 0.25) is 0 Å². The molecular formula is C15H21ClN2. The van der Waals surface area contributed by atoms with Crippen LogP contribution in [0.5, 0.6) is 0 Å². The van der Waals surface area contributed by atoms with Crippen molar-refractivity contribution in [3.05, 3.63) is 34.9 Å². The molecule has 2 fully saturated rings. The zero-order chi connectivity index (χ0) is 12.4. The first-order valence-corrected chi connectivity index (χ1v) is 7.36. The molecule has 1 N–H and O–H groups in total. The molecule has 1 aromatic carbocycles. The molecule has 0 radical (unpaired) electrons. The number of piperazine rings is 1. The van der Waals surface area contributed by atoms with Gasteiger partial charge in [-0.2, -0.15) is 0 Å². The lowest BCUT2D eigenvalue weighted by atomic mass is 9.64. The van der Waals surface area contributed by atoms with Crippen LogP contribution in [0, 0.1) is 0 Å². The molecule has 1 saturated heterocycles. The van der Waals surface area contributed by atoms with Crippen LogP contribution in [-0.4, -0.2) is 37.6 Å². The number of benzene rings is 1. The van der Waals surface area contributed by atoms with Gasteiger partial charge >= 0.3 is 0 Å². The Morgan fingerprint density at radius 1 is 1.17 bits per heavy atom. The summed E-state index contributed by atoms with van der Waals surface area (Å²) in [5.41, 5.74) is 1.70. The summed E-state index contributed by atoms with van der Waals surface area (Å²) in [4.78, 5) is 2.60. The highest BCUT2D eigenvalue weighted by Gasteiger charge is 2.41. The Labute approximate surface area is 114 Å². The molecule has 1 saturated carbocycles. The van der Waals surface area contributed by atoms with Crippen molar-refractivity contribution < 1.29 is 0 Å². The molecular weight excluding hydrogens is 244 g/mol. The number of rotatable bonds is 3. The fourth-order valence-electron chi connectivity index (χ4n) is 3.30. The summed E-state index contributed by atoms with van der Waals surface area (Å²) in [6, 6.07) is 8.42. The van der Waals surface area contributed by atoms with Crippen molar-refractivity contribution in [3.8, 4) is 0 Å². The highest BCUT2D eigenvalue weighted by molar-refractivity contribution is 6.31. The monoisotopic (exact) mass is 264 g/mol. The van der Waals surface area contributed by atoms with E-state index in [0.29, 0.717) is 5.41 Å². The van der Waals surface area contributed by atoms with Gasteiger partial charge in [-0.25, -0.2) is 0 Å². The Balaban J connectivity index is 1.79. The normalized spacial score (nSPS) is 23.6. The van der Waals surface area contributed by atoms with Crippen LogP contribution in [0.1, 0.15) is 24.8 Å². The lowest BCUT2D eigenvalue weighted by molar-refractivity contribution is 0.128. The second-order valence-corrected chi connectivity index (χ2v) is 6.05. The van der Waals surface area contributed by atoms with Crippen LogP contribution < -0.4 is 5.32 Å². The van der Waals surface area contributed by atoms with Gasteiger partial charge in [-0.1, -0.05) is 36.2 Å². The van der Waals surface area contributed by atoms with Gasteiger partial charge in [0.1, 0.15) is 0 Å². The molecule has 0 bridgehead atoms. The fourth-order valence-corrected chi connectivity index (χ4v) is 3.64. The number of halogens is 1. The summed E-state index contributed by atoms with van der Waals surface area (Å²) in [6.07, 6.45) is 3.93. The minimum Gasteiger partial charge on any atom is -0.314 e. The van der Waals surface area contributed by atoms with Crippen LogP contribution in [0.15, 0.2) is 24.3 Å². The summed E-state index contributed by atoms with van der Waals surface area (Å²) >= 11 is 6.41. The molecule has 2 nitrogen and oxygen atoms in total. The molecule has 98 valence electrons. The second-order valence-electron chi connectivity index (χ2n) is 5.64. The van der Waals surface area contributed by atoms with E-state index in [4.69, 9.17) is 11.6 Å². The summed E-state index contributed by atoms with van der Waals surface area (Å²) < 4.78 is 0. The molecule has 2 aliphatic rings. The van der Waals surface area contributed by atoms with Crippen LogP contribution >= 0.6 is 11.6 Å². The lowest BCUT2D eigenvalue weighted by Crippen LogP contribution is -2.51. The first-order valence-electron chi connectivity index (χ1n) is 6.98. The first-order chi connectivity index (χ1) is 8.80. The molecule has 3 heteroatoms. The van der Waals surface area contributed by atoms with E-state index in [1.54, 1.807) is 0 Å². The van der Waals surface area contributed by atoms with E-state index in [-0.39, 0.29) is 0 Å². The van der Waals surface area contributed by atoms with Gasteiger partial charge in [-0.15, -0.1) is 0 Å². The molecule has 1 heterocycles. The van der Waals surface area contributed by atoms with Gasteiger partial charge in [0.15, 0.2) is 0 Å². The molecule has 0 atom stereocenters. The molecule has 18 heavy (non-hydrogen) atoms. The van der Waals surface area contributed by atoms with Gasteiger partial charge in [-0.3, -0.25) is 4.90 Å². The molecule has 0 spiro atoms. The largest absolute Gasteiger partial charge is 0.314 e. The molecule has 1 aliphatic heterocycles. The van der Waals surface area contributed by atoms with Crippen molar-refractivity contribution >= 4 is 11.6 Å². The van der Waals surface area contributed by atoms with Gasteiger partial charge in [0.25, 0.3) is 0 Å². The average Bonchev–Trinajstić information content (AvgIpc) is 2.36. The standard InChI is InChI=1S/C15H21ClN2/c16-14-5-2-1-4-13(14)15(6-3-7-15)12-18-10-8-17-9-11-18/h1-2,4-5,17H,3,6-12H2. The van der Waals surface area contributed by atoms with Crippen molar-refractivity contribution in [3.63, 3.8) is 0 Å². The van der Waals surface area contributed by atoms with Gasteiger partial charge in [-0.05, 0) is 24.5 Å². The number of hydrogen-bond acceptors (Lipinski definition) is 2. The smallest absolute Gasteiger partial charge is 0.0444 e. The Morgan fingerprint density at radius 2 is 1.89 bits per heavy atom. The van der Waals surface area contributed by atoms with E-state index in [1.807, 2.05) is 12.1 Å². The maximum absolute atomic E-state index is 6.41. The summed E-state index contributed by atoms with van der Waals surface area (Å²) in [7, 11) is 0. The van der Waals surface area contributed by atoms with Crippen molar-refractivity contribution in [2.24, 2.45) is 0 Å². The maximum atomic E-state index is 6.41. The average molecular weight is 265 g/mol. The van der Waals surface area contributed by atoms with E-state index in [0.717, 1.165) is 18.1 Å². The Hall–Kier alpha value is -0.570. The van der Waals surface area contributed by atoms with E-state index in [1.165, 1.54) is 44.5 Å². The fraction of sp³-hybridized carbons (Fsp3) is 0.600. The van der Waals surface area contributed by atoms with Crippen molar-refractivity contribution in [2.45, 2.75) is 24.7 Å². The van der Waals surface area contributed by atoms with Gasteiger partial charge < -0.3 is 5.32 Å². The third kappa shape index (κ3) is 2.29. The number of nitrogens with zero attached hydrogens (tertiary/aromatic N) is 1. The minimum absolute atomic E-state index is 0.329. The molecule has 0 amide bonds. The van der Waals surface area contributed by atoms with Crippen molar-refractivity contribution in [1.29, 1.82) is 0 Å². The molecule has 3 rings (SSSR count). The summed E-state index contributed by atoms with van der Waals surface area (Å²) in [5.74, 6) is 0. The first kappa shape index (κ1) is 12.5. The molecule has 0 unspecified atom stereocenters. The third-order valence-electron chi connectivity index (χ3n) is 4.49. The van der Waals surface area contributed by atoms with Crippen LogP contribution in [0.4, 0.5) is 0 Å². The Bertz CT molecular complexity index is 409. The topological polar surface area (TPSA) is 15.3 Å². The lowest BCUT2D eigenvalue weighted by Gasteiger charge is -2.47. The van der Waals surface area contributed by atoms with Crippen LogP contribution in [0.3, 0.4) is 0 Å². The Kier molecular flexibility index (Phi) is 3.60.